The first-order valence-electron chi connectivity index (χ1n) is 11.4. The summed E-state index contributed by atoms with van der Waals surface area (Å²) in [7, 11) is -3.76. The molecule has 1 N–H and O–H groups in total. The van der Waals surface area contributed by atoms with Gasteiger partial charge in [-0.05, 0) is 81.1 Å². The molecule has 4 rings (SSSR count). The fourth-order valence-electron chi connectivity index (χ4n) is 4.52. The molecule has 1 heterocycles. The summed E-state index contributed by atoms with van der Waals surface area (Å²) in [6.45, 7) is 12.6. The second-order valence-corrected chi connectivity index (χ2v) is 11.2. The van der Waals surface area contributed by atoms with E-state index >= 15 is 0 Å². The van der Waals surface area contributed by atoms with Crippen molar-refractivity contribution in [1.29, 1.82) is 0 Å². The van der Waals surface area contributed by atoms with Gasteiger partial charge < -0.3 is 9.80 Å². The van der Waals surface area contributed by atoms with Gasteiger partial charge in [0.05, 0.1) is 10.6 Å². The van der Waals surface area contributed by atoms with Gasteiger partial charge in [0.25, 0.3) is 10.0 Å². The number of hydrogen-bond donors (Lipinski definition) is 1. The number of fused-ring (bicyclic) bond motifs is 1. The molecule has 2 aromatic carbocycles. The van der Waals surface area contributed by atoms with Crippen LogP contribution in [0.4, 0.5) is 17.1 Å². The van der Waals surface area contributed by atoms with E-state index in [2.05, 4.69) is 37.3 Å². The molecule has 6 nitrogen and oxygen atoms in total. The molecule has 0 atom stereocenters. The molecule has 2 aromatic rings. The first-order chi connectivity index (χ1) is 15.1. The van der Waals surface area contributed by atoms with Gasteiger partial charge in [0, 0.05) is 42.3 Å². The summed E-state index contributed by atoms with van der Waals surface area (Å²) in [5.41, 5.74) is 3.97. The van der Waals surface area contributed by atoms with Crippen molar-refractivity contribution in [2.75, 3.05) is 34.2 Å². The molecule has 1 aliphatic carbocycles. The summed E-state index contributed by atoms with van der Waals surface area (Å²) in [5, 5.41) is 0. The van der Waals surface area contributed by atoms with Gasteiger partial charge >= 0.3 is 0 Å². The lowest BCUT2D eigenvalue weighted by Crippen LogP contribution is -2.34. The molecule has 0 unspecified atom stereocenters. The molecule has 0 radical (unpaired) electrons. The van der Waals surface area contributed by atoms with Gasteiger partial charge in [0.15, 0.2) is 0 Å². The van der Waals surface area contributed by atoms with Crippen LogP contribution in [0.3, 0.4) is 0 Å². The molecule has 1 amide bonds. The van der Waals surface area contributed by atoms with Crippen LogP contribution in [0.2, 0.25) is 0 Å². The monoisotopic (exact) mass is 455 g/mol. The number of nitrogens with zero attached hydrogens (tertiary/aromatic N) is 2. The topological polar surface area (TPSA) is 69.7 Å². The maximum Gasteiger partial charge on any atom is 0.261 e. The Balaban J connectivity index is 1.62. The van der Waals surface area contributed by atoms with E-state index in [1.54, 1.807) is 18.2 Å². The normalized spacial score (nSPS) is 17.2. The zero-order valence-electron chi connectivity index (χ0n) is 19.6. The summed E-state index contributed by atoms with van der Waals surface area (Å²) in [4.78, 5) is 17.0. The summed E-state index contributed by atoms with van der Waals surface area (Å²) in [5.74, 6) is 0.290. The van der Waals surface area contributed by atoms with Crippen molar-refractivity contribution in [1.82, 2.24) is 0 Å². The Bertz CT molecular complexity index is 1150. The van der Waals surface area contributed by atoms with E-state index in [0.29, 0.717) is 12.2 Å². The number of benzene rings is 2. The second-order valence-electron chi connectivity index (χ2n) is 9.54. The van der Waals surface area contributed by atoms with Crippen LogP contribution in [-0.2, 0) is 20.2 Å². The quantitative estimate of drug-likeness (QED) is 0.658. The first kappa shape index (κ1) is 22.6. The van der Waals surface area contributed by atoms with E-state index in [4.69, 9.17) is 0 Å². The number of hydrogen-bond acceptors (Lipinski definition) is 4. The molecule has 2 aliphatic rings. The first-order valence-corrected chi connectivity index (χ1v) is 12.9. The predicted octanol–water partition coefficient (Wildman–Crippen LogP) is 4.68. The summed E-state index contributed by atoms with van der Waals surface area (Å²) >= 11 is 0. The molecule has 0 spiro atoms. The van der Waals surface area contributed by atoms with Crippen molar-refractivity contribution in [2.45, 2.75) is 57.8 Å². The fourth-order valence-corrected chi connectivity index (χ4v) is 5.68. The highest BCUT2D eigenvalue weighted by atomic mass is 32.2. The molecule has 1 saturated carbocycles. The van der Waals surface area contributed by atoms with E-state index in [1.165, 1.54) is 0 Å². The number of nitrogens with one attached hydrogen (secondary N) is 1. The average molecular weight is 456 g/mol. The molecule has 172 valence electrons. The fraction of sp³-hybridized carbons (Fsp3) is 0.480. The molecule has 1 aliphatic heterocycles. The van der Waals surface area contributed by atoms with Crippen molar-refractivity contribution in [2.24, 2.45) is 5.92 Å². The Morgan fingerprint density at radius 2 is 1.81 bits per heavy atom. The summed E-state index contributed by atoms with van der Waals surface area (Å²) < 4.78 is 29.2. The third kappa shape index (κ3) is 4.10. The van der Waals surface area contributed by atoms with E-state index < -0.39 is 10.0 Å². The highest BCUT2D eigenvalue weighted by Crippen LogP contribution is 2.44. The predicted molar refractivity (Wildman–Crippen MR) is 130 cm³/mol. The minimum atomic E-state index is -3.76. The Labute approximate surface area is 191 Å². The standard InChI is InChI=1S/C25H33N3O3S/c1-6-27(7-2)19-10-12-22(17(3)14-19)26-32(30,31)20-11-13-23-21(15-20)25(4,5)16-28(23)24(29)18-8-9-18/h10-15,18,26H,6-9,16H2,1-5H3. The van der Waals surface area contributed by atoms with Crippen molar-refractivity contribution in [3.63, 3.8) is 0 Å². The zero-order valence-corrected chi connectivity index (χ0v) is 20.4. The number of anilines is 3. The number of sulfonamides is 1. The second kappa shape index (κ2) is 8.10. The number of carbonyl (C=O) groups is 1. The number of rotatable bonds is 7. The summed E-state index contributed by atoms with van der Waals surface area (Å²) in [6, 6.07) is 10.9. The van der Waals surface area contributed by atoms with Crippen molar-refractivity contribution >= 4 is 33.0 Å². The molecule has 1 fully saturated rings. The molecule has 0 saturated heterocycles. The molecule has 32 heavy (non-hydrogen) atoms. The van der Waals surface area contributed by atoms with Crippen molar-refractivity contribution in [3.8, 4) is 0 Å². The van der Waals surface area contributed by atoms with Crippen molar-refractivity contribution in [3.05, 3.63) is 47.5 Å². The van der Waals surface area contributed by atoms with Crippen molar-refractivity contribution < 1.29 is 13.2 Å². The lowest BCUT2D eigenvalue weighted by Gasteiger charge is -2.22. The van der Waals surface area contributed by atoms with Gasteiger partial charge in [0.2, 0.25) is 5.91 Å². The lowest BCUT2D eigenvalue weighted by molar-refractivity contribution is -0.119. The maximum absolute atomic E-state index is 13.2. The Hall–Kier alpha value is -2.54. The molecular formula is C25H33N3O3S. The van der Waals surface area contributed by atoms with Crippen LogP contribution < -0.4 is 14.5 Å². The van der Waals surface area contributed by atoms with Gasteiger partial charge in [-0.3, -0.25) is 9.52 Å². The Morgan fingerprint density at radius 3 is 2.41 bits per heavy atom. The molecule has 7 heteroatoms. The average Bonchev–Trinajstić information content (AvgIpc) is 3.55. The van der Waals surface area contributed by atoms with Crippen LogP contribution in [0.5, 0.6) is 0 Å². The summed E-state index contributed by atoms with van der Waals surface area (Å²) in [6.07, 6.45) is 1.90. The zero-order chi connectivity index (χ0) is 23.3. The molecular weight excluding hydrogens is 422 g/mol. The van der Waals surface area contributed by atoms with Crippen LogP contribution in [0.1, 0.15) is 51.7 Å². The smallest absolute Gasteiger partial charge is 0.261 e. The number of carbonyl (C=O) groups excluding carboxylic acids is 1. The Kier molecular flexibility index (Phi) is 5.74. The van der Waals surface area contributed by atoms with Crippen LogP contribution in [0.25, 0.3) is 0 Å². The molecule has 0 aromatic heterocycles. The highest BCUT2D eigenvalue weighted by molar-refractivity contribution is 7.92. The van der Waals surface area contributed by atoms with E-state index in [-0.39, 0.29) is 22.1 Å². The minimum absolute atomic E-state index is 0.129. The SMILES string of the molecule is CCN(CC)c1ccc(NS(=O)(=O)c2ccc3c(c2)C(C)(C)CN3C(=O)C2CC2)c(C)c1. The maximum atomic E-state index is 13.2. The van der Waals surface area contributed by atoms with Crippen LogP contribution in [0.15, 0.2) is 41.3 Å². The van der Waals surface area contributed by atoms with Gasteiger partial charge in [-0.1, -0.05) is 13.8 Å². The van der Waals surface area contributed by atoms with E-state index in [9.17, 15) is 13.2 Å². The number of amides is 1. The third-order valence-electron chi connectivity index (χ3n) is 6.63. The van der Waals surface area contributed by atoms with Gasteiger partial charge in [-0.15, -0.1) is 0 Å². The van der Waals surface area contributed by atoms with E-state index in [0.717, 1.165) is 48.4 Å². The van der Waals surface area contributed by atoms with Crippen LogP contribution >= 0.6 is 0 Å². The lowest BCUT2D eigenvalue weighted by atomic mass is 9.87. The molecule has 0 bridgehead atoms. The van der Waals surface area contributed by atoms with E-state index in [1.807, 2.05) is 30.0 Å². The Morgan fingerprint density at radius 1 is 1.12 bits per heavy atom. The largest absolute Gasteiger partial charge is 0.372 e. The highest BCUT2D eigenvalue weighted by Gasteiger charge is 2.43. The van der Waals surface area contributed by atoms with Crippen LogP contribution in [-0.4, -0.2) is 34.0 Å². The van der Waals surface area contributed by atoms with Gasteiger partial charge in [0.1, 0.15) is 0 Å². The third-order valence-corrected chi connectivity index (χ3v) is 7.99. The van der Waals surface area contributed by atoms with Gasteiger partial charge in [-0.25, -0.2) is 8.42 Å². The van der Waals surface area contributed by atoms with Crippen LogP contribution in [0, 0.1) is 12.8 Å². The minimum Gasteiger partial charge on any atom is -0.372 e. The number of aryl methyl sites for hydroxylation is 1. The van der Waals surface area contributed by atoms with Gasteiger partial charge in [-0.2, -0.15) is 0 Å².